The SMILES string of the molecule is Cc1ncc2c(n1)NCCCC2N. The number of nitrogens with zero attached hydrogens (tertiary/aromatic N) is 2. The summed E-state index contributed by atoms with van der Waals surface area (Å²) in [5.74, 6) is 1.71. The van der Waals surface area contributed by atoms with Gasteiger partial charge in [0, 0.05) is 24.3 Å². The summed E-state index contributed by atoms with van der Waals surface area (Å²) in [7, 11) is 0. The van der Waals surface area contributed by atoms with E-state index in [1.54, 1.807) is 0 Å². The van der Waals surface area contributed by atoms with Crippen LogP contribution < -0.4 is 11.1 Å². The summed E-state index contributed by atoms with van der Waals surface area (Å²) < 4.78 is 0. The van der Waals surface area contributed by atoms with E-state index in [0.29, 0.717) is 0 Å². The Morgan fingerprint density at radius 3 is 3.31 bits per heavy atom. The molecule has 0 fully saturated rings. The van der Waals surface area contributed by atoms with Gasteiger partial charge in [-0.25, -0.2) is 9.97 Å². The van der Waals surface area contributed by atoms with Crippen molar-refractivity contribution in [3.8, 4) is 0 Å². The molecule has 1 aromatic rings. The van der Waals surface area contributed by atoms with Gasteiger partial charge in [-0.05, 0) is 19.8 Å². The summed E-state index contributed by atoms with van der Waals surface area (Å²) in [6, 6.07) is 0.0885. The van der Waals surface area contributed by atoms with Crippen LogP contribution >= 0.6 is 0 Å². The lowest BCUT2D eigenvalue weighted by molar-refractivity contribution is 0.639. The molecule has 0 aliphatic carbocycles. The van der Waals surface area contributed by atoms with Crippen LogP contribution in [0.25, 0.3) is 0 Å². The lowest BCUT2D eigenvalue weighted by atomic mass is 10.1. The molecule has 0 bridgehead atoms. The maximum absolute atomic E-state index is 5.98. The Morgan fingerprint density at radius 1 is 1.62 bits per heavy atom. The Bertz CT molecular complexity index is 310. The second-order valence-corrected chi connectivity index (χ2v) is 3.40. The maximum Gasteiger partial charge on any atom is 0.134 e. The van der Waals surface area contributed by atoms with Crippen LogP contribution in [-0.4, -0.2) is 16.5 Å². The summed E-state index contributed by atoms with van der Waals surface area (Å²) >= 11 is 0. The molecule has 0 spiro atoms. The van der Waals surface area contributed by atoms with Gasteiger partial charge >= 0.3 is 0 Å². The summed E-state index contributed by atoms with van der Waals surface area (Å²) in [6.45, 7) is 2.84. The molecule has 1 atom stereocenters. The molecular weight excluding hydrogens is 164 g/mol. The summed E-state index contributed by atoms with van der Waals surface area (Å²) in [5, 5.41) is 3.27. The third-order valence-electron chi connectivity index (χ3n) is 2.32. The average Bonchev–Trinajstić information content (AvgIpc) is 2.28. The maximum atomic E-state index is 5.98. The predicted molar refractivity (Wildman–Crippen MR) is 51.4 cm³/mol. The lowest BCUT2D eigenvalue weighted by Gasteiger charge is -2.10. The number of hydrogen-bond acceptors (Lipinski definition) is 4. The molecule has 2 heterocycles. The first-order chi connectivity index (χ1) is 6.27. The van der Waals surface area contributed by atoms with Crippen molar-refractivity contribution in [1.82, 2.24) is 9.97 Å². The molecule has 4 nitrogen and oxygen atoms in total. The van der Waals surface area contributed by atoms with Crippen molar-refractivity contribution < 1.29 is 0 Å². The van der Waals surface area contributed by atoms with Gasteiger partial charge < -0.3 is 11.1 Å². The fraction of sp³-hybridized carbons (Fsp3) is 0.556. The molecule has 0 amide bonds. The molecule has 70 valence electrons. The van der Waals surface area contributed by atoms with Gasteiger partial charge in [-0.2, -0.15) is 0 Å². The third kappa shape index (κ3) is 1.62. The van der Waals surface area contributed by atoms with Crippen molar-refractivity contribution in [3.63, 3.8) is 0 Å². The van der Waals surface area contributed by atoms with Crippen LogP contribution in [0.1, 0.15) is 30.3 Å². The zero-order valence-electron chi connectivity index (χ0n) is 7.75. The highest BCUT2D eigenvalue weighted by Crippen LogP contribution is 2.24. The number of rotatable bonds is 0. The summed E-state index contributed by atoms with van der Waals surface area (Å²) in [5.41, 5.74) is 7.02. The first kappa shape index (κ1) is 8.44. The number of anilines is 1. The van der Waals surface area contributed by atoms with Crippen LogP contribution in [0.2, 0.25) is 0 Å². The van der Waals surface area contributed by atoms with Crippen molar-refractivity contribution in [2.24, 2.45) is 5.73 Å². The molecule has 1 aromatic heterocycles. The Kier molecular flexibility index (Phi) is 2.14. The largest absolute Gasteiger partial charge is 0.370 e. The van der Waals surface area contributed by atoms with E-state index in [1.807, 2.05) is 13.1 Å². The van der Waals surface area contributed by atoms with E-state index in [4.69, 9.17) is 5.73 Å². The van der Waals surface area contributed by atoms with Gasteiger partial charge in [-0.1, -0.05) is 0 Å². The number of hydrogen-bond donors (Lipinski definition) is 2. The van der Waals surface area contributed by atoms with Crippen molar-refractivity contribution in [2.45, 2.75) is 25.8 Å². The van der Waals surface area contributed by atoms with Crippen LogP contribution in [0.4, 0.5) is 5.82 Å². The number of nitrogens with one attached hydrogen (secondary N) is 1. The molecule has 3 N–H and O–H groups in total. The van der Waals surface area contributed by atoms with E-state index in [2.05, 4.69) is 15.3 Å². The van der Waals surface area contributed by atoms with Crippen LogP contribution in [0, 0.1) is 6.92 Å². The van der Waals surface area contributed by atoms with Crippen LogP contribution in [0.5, 0.6) is 0 Å². The minimum absolute atomic E-state index is 0.0885. The molecule has 0 saturated carbocycles. The van der Waals surface area contributed by atoms with Gasteiger partial charge in [0.1, 0.15) is 11.6 Å². The zero-order valence-corrected chi connectivity index (χ0v) is 7.75. The topological polar surface area (TPSA) is 63.8 Å². The van der Waals surface area contributed by atoms with Gasteiger partial charge in [-0.15, -0.1) is 0 Å². The fourth-order valence-electron chi connectivity index (χ4n) is 1.58. The molecule has 1 unspecified atom stereocenters. The molecule has 1 aliphatic rings. The first-order valence-electron chi connectivity index (χ1n) is 4.60. The van der Waals surface area contributed by atoms with Crippen molar-refractivity contribution >= 4 is 5.82 Å². The van der Waals surface area contributed by atoms with Crippen LogP contribution in [0.3, 0.4) is 0 Å². The molecule has 0 aromatic carbocycles. The highest BCUT2D eigenvalue weighted by molar-refractivity contribution is 5.45. The van der Waals surface area contributed by atoms with E-state index in [-0.39, 0.29) is 6.04 Å². The molecule has 13 heavy (non-hydrogen) atoms. The first-order valence-corrected chi connectivity index (χ1v) is 4.60. The zero-order chi connectivity index (χ0) is 9.26. The van der Waals surface area contributed by atoms with E-state index >= 15 is 0 Å². The predicted octanol–water partition coefficient (Wildman–Crippen LogP) is 0.991. The van der Waals surface area contributed by atoms with E-state index in [0.717, 1.165) is 36.6 Å². The fourth-order valence-corrected chi connectivity index (χ4v) is 1.58. The van der Waals surface area contributed by atoms with Gasteiger partial charge in [0.2, 0.25) is 0 Å². The van der Waals surface area contributed by atoms with E-state index < -0.39 is 0 Å². The normalized spacial score (nSPS) is 21.5. The number of nitrogens with two attached hydrogens (primary N) is 1. The molecule has 1 aliphatic heterocycles. The van der Waals surface area contributed by atoms with Crippen molar-refractivity contribution in [3.05, 3.63) is 17.6 Å². The van der Waals surface area contributed by atoms with Gasteiger partial charge in [0.05, 0.1) is 0 Å². The average molecular weight is 178 g/mol. The van der Waals surface area contributed by atoms with Crippen LogP contribution in [-0.2, 0) is 0 Å². The Hall–Kier alpha value is -1.16. The van der Waals surface area contributed by atoms with Crippen molar-refractivity contribution in [2.75, 3.05) is 11.9 Å². The summed E-state index contributed by atoms with van der Waals surface area (Å²) in [4.78, 5) is 8.48. The Balaban J connectivity index is 2.42. The second kappa shape index (κ2) is 3.30. The highest BCUT2D eigenvalue weighted by atomic mass is 15.0. The second-order valence-electron chi connectivity index (χ2n) is 3.40. The molecule has 2 rings (SSSR count). The van der Waals surface area contributed by atoms with Crippen LogP contribution in [0.15, 0.2) is 6.20 Å². The lowest BCUT2D eigenvalue weighted by Crippen LogP contribution is -2.11. The number of aromatic nitrogens is 2. The molecule has 0 radical (unpaired) electrons. The molecular formula is C9H14N4. The van der Waals surface area contributed by atoms with Crippen molar-refractivity contribution in [1.29, 1.82) is 0 Å². The third-order valence-corrected chi connectivity index (χ3v) is 2.32. The Morgan fingerprint density at radius 2 is 2.46 bits per heavy atom. The quantitative estimate of drug-likeness (QED) is 0.622. The van der Waals surface area contributed by atoms with Gasteiger partial charge in [0.25, 0.3) is 0 Å². The standard InChI is InChI=1S/C9H14N4/c1-6-12-5-7-8(10)3-2-4-11-9(7)13-6/h5,8H,2-4,10H2,1H3,(H,11,12,13). The van der Waals surface area contributed by atoms with Gasteiger partial charge in [0.15, 0.2) is 0 Å². The Labute approximate surface area is 77.6 Å². The monoisotopic (exact) mass is 178 g/mol. The minimum Gasteiger partial charge on any atom is -0.370 e. The molecule has 0 saturated heterocycles. The smallest absolute Gasteiger partial charge is 0.134 e. The summed E-state index contributed by atoms with van der Waals surface area (Å²) in [6.07, 6.45) is 3.93. The molecule has 4 heteroatoms. The van der Waals surface area contributed by atoms with E-state index in [1.165, 1.54) is 0 Å². The van der Waals surface area contributed by atoms with E-state index in [9.17, 15) is 0 Å². The number of fused-ring (bicyclic) bond motifs is 1. The van der Waals surface area contributed by atoms with Gasteiger partial charge in [-0.3, -0.25) is 0 Å². The number of aryl methyl sites for hydroxylation is 1. The minimum atomic E-state index is 0.0885. The highest BCUT2D eigenvalue weighted by Gasteiger charge is 2.15.